The summed E-state index contributed by atoms with van der Waals surface area (Å²) >= 11 is 1.91. The van der Waals surface area contributed by atoms with Crippen molar-refractivity contribution in [2.75, 3.05) is 19.6 Å². The molecule has 33 heavy (non-hydrogen) atoms. The van der Waals surface area contributed by atoms with Gasteiger partial charge >= 0.3 is 0 Å². The minimum Gasteiger partial charge on any atom is -0.303 e. The number of ketones is 1. The van der Waals surface area contributed by atoms with Crippen molar-refractivity contribution in [3.05, 3.63) is 107 Å². The zero-order valence-electron chi connectivity index (χ0n) is 18.5. The summed E-state index contributed by atoms with van der Waals surface area (Å²) in [7, 11) is 0. The van der Waals surface area contributed by atoms with Crippen molar-refractivity contribution in [1.29, 1.82) is 0 Å². The van der Waals surface area contributed by atoms with Gasteiger partial charge in [0.1, 0.15) is 11.6 Å². The monoisotopic (exact) mass is 463 g/mol. The number of piperidine rings is 1. The van der Waals surface area contributed by atoms with E-state index in [1.807, 2.05) is 23.9 Å². The Labute approximate surface area is 198 Å². The number of Topliss-reactive ketones (excluding diaryl/α,β-unsaturated/α-hetero) is 1. The Balaban J connectivity index is 1.21. The van der Waals surface area contributed by atoms with Crippen LogP contribution >= 0.6 is 11.8 Å². The Hall–Kier alpha value is -2.50. The molecule has 0 aromatic heterocycles. The number of benzene rings is 3. The highest BCUT2D eigenvalue weighted by Gasteiger charge is 2.46. The molecule has 5 rings (SSSR count). The first-order valence-electron chi connectivity index (χ1n) is 11.6. The third-order valence-electron chi connectivity index (χ3n) is 6.97. The van der Waals surface area contributed by atoms with Crippen LogP contribution in [-0.4, -0.2) is 30.3 Å². The lowest BCUT2D eigenvalue weighted by Crippen LogP contribution is -2.40. The van der Waals surface area contributed by atoms with E-state index in [1.54, 1.807) is 24.3 Å². The van der Waals surface area contributed by atoms with Gasteiger partial charge in [0, 0.05) is 22.3 Å². The van der Waals surface area contributed by atoms with E-state index < -0.39 is 0 Å². The summed E-state index contributed by atoms with van der Waals surface area (Å²) < 4.78 is 27.7. The fourth-order valence-electron chi connectivity index (χ4n) is 5.18. The van der Waals surface area contributed by atoms with Gasteiger partial charge in [-0.2, -0.15) is 0 Å². The number of carbonyl (C=O) groups excluding carboxylic acids is 1. The number of hydrogen-bond donors (Lipinski definition) is 0. The van der Waals surface area contributed by atoms with Crippen molar-refractivity contribution < 1.29 is 13.6 Å². The third-order valence-corrected chi connectivity index (χ3v) is 8.80. The van der Waals surface area contributed by atoms with E-state index in [4.69, 9.17) is 0 Å². The summed E-state index contributed by atoms with van der Waals surface area (Å²) in [6.45, 7) is 2.82. The molecule has 0 saturated carbocycles. The molecule has 3 aromatic carbocycles. The zero-order chi connectivity index (χ0) is 22.8. The Kier molecular flexibility index (Phi) is 6.35. The van der Waals surface area contributed by atoms with Crippen LogP contribution in [0.4, 0.5) is 8.78 Å². The van der Waals surface area contributed by atoms with Crippen LogP contribution in [0.2, 0.25) is 0 Å². The number of carbonyl (C=O) groups is 1. The zero-order valence-corrected chi connectivity index (χ0v) is 19.3. The lowest BCUT2D eigenvalue weighted by atomic mass is 9.84. The van der Waals surface area contributed by atoms with Gasteiger partial charge in [0.15, 0.2) is 5.78 Å². The summed E-state index contributed by atoms with van der Waals surface area (Å²) in [6.07, 6.45) is 3.31. The molecular weight excluding hydrogens is 436 g/mol. The van der Waals surface area contributed by atoms with Gasteiger partial charge in [-0.1, -0.05) is 42.5 Å². The topological polar surface area (TPSA) is 20.3 Å². The summed E-state index contributed by atoms with van der Waals surface area (Å²) in [5.74, 6) is -0.390. The van der Waals surface area contributed by atoms with Gasteiger partial charge in [0.2, 0.25) is 0 Å². The molecule has 2 aliphatic heterocycles. The van der Waals surface area contributed by atoms with Crippen molar-refractivity contribution in [2.45, 2.75) is 35.7 Å². The highest BCUT2D eigenvalue weighted by molar-refractivity contribution is 8.01. The summed E-state index contributed by atoms with van der Waals surface area (Å²) in [5, 5.41) is 0.0299. The summed E-state index contributed by atoms with van der Waals surface area (Å²) in [6, 6.07) is 21.5. The molecule has 0 bridgehead atoms. The first-order valence-corrected chi connectivity index (χ1v) is 12.5. The molecule has 5 heteroatoms. The lowest BCUT2D eigenvalue weighted by Gasteiger charge is -2.39. The molecule has 170 valence electrons. The van der Waals surface area contributed by atoms with Gasteiger partial charge in [-0.25, -0.2) is 8.78 Å². The third kappa shape index (κ3) is 4.49. The molecule has 1 saturated heterocycles. The van der Waals surface area contributed by atoms with E-state index in [2.05, 4.69) is 29.2 Å². The molecule has 1 unspecified atom stereocenters. The molecule has 2 heterocycles. The van der Waals surface area contributed by atoms with Gasteiger partial charge in [0.25, 0.3) is 0 Å². The molecule has 2 nitrogen and oxygen atoms in total. The maximum Gasteiger partial charge on any atom is 0.162 e. The second-order valence-electron chi connectivity index (χ2n) is 8.98. The highest BCUT2D eigenvalue weighted by atomic mass is 32.2. The number of hydrogen-bond acceptors (Lipinski definition) is 3. The normalized spacial score (nSPS) is 19.5. The number of nitrogens with zero attached hydrogens (tertiary/aromatic N) is 1. The summed E-state index contributed by atoms with van der Waals surface area (Å²) in [4.78, 5) is 14.8. The fraction of sp³-hybridized carbons (Fsp3) is 0.321. The smallest absolute Gasteiger partial charge is 0.162 e. The van der Waals surface area contributed by atoms with E-state index in [1.165, 1.54) is 23.3 Å². The standard InChI is InChI=1S/C28H27F2NOS/c29-21-13-11-20(12-14-21)26(32)10-5-17-31-18-15-28(16-19-31)24-8-3-1-6-22(24)27(33-28)23-7-2-4-9-25(23)30/h1-4,6-9,11-14,27H,5,10,15-19H2. The number of halogens is 2. The van der Waals surface area contributed by atoms with Crippen LogP contribution in [0.25, 0.3) is 0 Å². The fourth-order valence-corrected chi connectivity index (χ4v) is 7.01. The molecule has 1 spiro atoms. The SMILES string of the molecule is O=C(CCCN1CCC2(CC1)SC(c1ccccc1F)c1ccccc12)c1ccc(F)cc1. The van der Waals surface area contributed by atoms with Gasteiger partial charge < -0.3 is 4.90 Å². The number of likely N-dealkylation sites (tertiary alicyclic amines) is 1. The molecule has 1 atom stereocenters. The quantitative estimate of drug-likeness (QED) is 0.377. The molecular formula is C28H27F2NOS. The van der Waals surface area contributed by atoms with Crippen LogP contribution in [-0.2, 0) is 4.75 Å². The molecule has 0 aliphatic carbocycles. The summed E-state index contributed by atoms with van der Waals surface area (Å²) in [5.41, 5.74) is 3.95. The van der Waals surface area contributed by atoms with Crippen LogP contribution in [0.1, 0.15) is 58.0 Å². The number of fused-ring (bicyclic) bond motifs is 2. The van der Waals surface area contributed by atoms with E-state index in [9.17, 15) is 13.6 Å². The van der Waals surface area contributed by atoms with Crippen LogP contribution in [0.5, 0.6) is 0 Å². The van der Waals surface area contributed by atoms with E-state index in [-0.39, 0.29) is 27.4 Å². The first kappa shape index (κ1) is 22.3. The number of thioether (sulfide) groups is 1. The molecule has 0 radical (unpaired) electrons. The Morgan fingerprint density at radius 2 is 1.58 bits per heavy atom. The molecule has 2 aliphatic rings. The van der Waals surface area contributed by atoms with Gasteiger partial charge in [-0.05, 0) is 80.4 Å². The highest BCUT2D eigenvalue weighted by Crippen LogP contribution is 2.61. The van der Waals surface area contributed by atoms with Crippen molar-refractivity contribution in [3.63, 3.8) is 0 Å². The van der Waals surface area contributed by atoms with Crippen molar-refractivity contribution in [2.24, 2.45) is 0 Å². The minimum absolute atomic E-state index is 0.0178. The van der Waals surface area contributed by atoms with Gasteiger partial charge in [-0.15, -0.1) is 11.8 Å². The first-order chi connectivity index (χ1) is 16.1. The van der Waals surface area contributed by atoms with Crippen molar-refractivity contribution in [1.82, 2.24) is 4.90 Å². The number of rotatable bonds is 6. The molecule has 3 aromatic rings. The van der Waals surface area contributed by atoms with E-state index in [0.717, 1.165) is 44.5 Å². The van der Waals surface area contributed by atoms with Crippen LogP contribution in [0.3, 0.4) is 0 Å². The minimum atomic E-state index is -0.322. The molecule has 0 N–H and O–H groups in total. The van der Waals surface area contributed by atoms with Crippen LogP contribution in [0, 0.1) is 11.6 Å². The van der Waals surface area contributed by atoms with Crippen LogP contribution in [0.15, 0.2) is 72.8 Å². The average molecular weight is 464 g/mol. The molecule has 1 fully saturated rings. The Bertz CT molecular complexity index is 1140. The average Bonchev–Trinajstić information content (AvgIpc) is 3.15. The Morgan fingerprint density at radius 3 is 2.30 bits per heavy atom. The van der Waals surface area contributed by atoms with Gasteiger partial charge in [0.05, 0.1) is 5.25 Å². The van der Waals surface area contributed by atoms with E-state index in [0.29, 0.717) is 12.0 Å². The van der Waals surface area contributed by atoms with E-state index >= 15 is 0 Å². The van der Waals surface area contributed by atoms with Crippen molar-refractivity contribution >= 4 is 17.5 Å². The van der Waals surface area contributed by atoms with Crippen LogP contribution < -0.4 is 0 Å². The predicted octanol–water partition coefficient (Wildman–Crippen LogP) is 6.76. The maximum absolute atomic E-state index is 14.6. The predicted molar refractivity (Wildman–Crippen MR) is 130 cm³/mol. The Morgan fingerprint density at radius 1 is 0.909 bits per heavy atom. The maximum atomic E-state index is 14.6. The largest absolute Gasteiger partial charge is 0.303 e. The second-order valence-corrected chi connectivity index (χ2v) is 10.5. The molecule has 0 amide bonds. The second kappa shape index (κ2) is 9.40. The lowest BCUT2D eigenvalue weighted by molar-refractivity contribution is 0.0971. The van der Waals surface area contributed by atoms with Gasteiger partial charge in [-0.3, -0.25) is 4.79 Å². The van der Waals surface area contributed by atoms with Crippen molar-refractivity contribution in [3.8, 4) is 0 Å².